The molecule has 2 rings (SSSR count). The largest absolute Gasteiger partial charge is 0.294 e. The van der Waals surface area contributed by atoms with Crippen molar-refractivity contribution < 1.29 is 0 Å². The molecule has 0 aromatic heterocycles. The fourth-order valence-electron chi connectivity index (χ4n) is 2.26. The zero-order chi connectivity index (χ0) is 9.15. The van der Waals surface area contributed by atoms with Gasteiger partial charge in [-0.1, -0.05) is 18.2 Å². The van der Waals surface area contributed by atoms with Gasteiger partial charge in [-0.05, 0) is 31.4 Å². The van der Waals surface area contributed by atoms with E-state index in [-0.39, 0.29) is 0 Å². The molecular formula is C12H18N+. The van der Waals surface area contributed by atoms with Gasteiger partial charge >= 0.3 is 0 Å². The van der Waals surface area contributed by atoms with Crippen molar-refractivity contribution in [1.82, 2.24) is 4.48 Å². The minimum absolute atomic E-state index is 1.14. The number of rotatable bonds is 1. The normalized spacial score (nSPS) is 21.3. The second-order valence-corrected chi connectivity index (χ2v) is 4.24. The Balaban J connectivity index is 2.23. The lowest BCUT2D eigenvalue weighted by molar-refractivity contribution is 0.275. The van der Waals surface area contributed by atoms with Crippen molar-refractivity contribution in [2.75, 3.05) is 20.1 Å². The SMILES string of the molecule is C[N+]1(c2ccccc2)CCCCC1. The number of piperidine rings is 1. The van der Waals surface area contributed by atoms with Gasteiger partial charge in [0.1, 0.15) is 5.69 Å². The highest BCUT2D eigenvalue weighted by molar-refractivity contribution is 5.41. The van der Waals surface area contributed by atoms with Crippen LogP contribution in [0.4, 0.5) is 5.69 Å². The van der Waals surface area contributed by atoms with E-state index < -0.39 is 0 Å². The Morgan fingerprint density at radius 3 is 2.15 bits per heavy atom. The molecule has 1 aromatic rings. The minimum Gasteiger partial charge on any atom is -0.294 e. The average molecular weight is 176 g/mol. The third-order valence-electron chi connectivity index (χ3n) is 3.18. The van der Waals surface area contributed by atoms with Crippen LogP contribution in [-0.2, 0) is 0 Å². The maximum absolute atomic E-state index is 2.36. The third-order valence-corrected chi connectivity index (χ3v) is 3.18. The van der Waals surface area contributed by atoms with E-state index in [0.29, 0.717) is 0 Å². The summed E-state index contributed by atoms with van der Waals surface area (Å²) in [6, 6.07) is 10.9. The van der Waals surface area contributed by atoms with E-state index >= 15 is 0 Å². The van der Waals surface area contributed by atoms with Crippen LogP contribution in [0.5, 0.6) is 0 Å². The number of nitrogens with zero attached hydrogens (tertiary/aromatic N) is 1. The predicted octanol–water partition coefficient (Wildman–Crippen LogP) is 2.81. The molecule has 0 bridgehead atoms. The molecule has 0 spiro atoms. The number of quaternary nitrogens is 1. The van der Waals surface area contributed by atoms with Crippen molar-refractivity contribution in [3.8, 4) is 0 Å². The van der Waals surface area contributed by atoms with Gasteiger partial charge in [0.2, 0.25) is 0 Å². The Hall–Kier alpha value is -0.820. The van der Waals surface area contributed by atoms with Crippen LogP contribution in [0.25, 0.3) is 0 Å². The van der Waals surface area contributed by atoms with Gasteiger partial charge in [-0.15, -0.1) is 0 Å². The minimum atomic E-state index is 1.14. The molecule has 0 amide bonds. The van der Waals surface area contributed by atoms with Crippen LogP contribution >= 0.6 is 0 Å². The Kier molecular flexibility index (Phi) is 2.36. The lowest BCUT2D eigenvalue weighted by Crippen LogP contribution is -2.48. The molecular weight excluding hydrogens is 158 g/mol. The van der Waals surface area contributed by atoms with Crippen molar-refractivity contribution in [2.24, 2.45) is 0 Å². The van der Waals surface area contributed by atoms with Gasteiger partial charge in [0.05, 0.1) is 20.1 Å². The van der Waals surface area contributed by atoms with Gasteiger partial charge < -0.3 is 0 Å². The number of benzene rings is 1. The summed E-state index contributed by atoms with van der Waals surface area (Å²) < 4.78 is 1.14. The monoisotopic (exact) mass is 176 g/mol. The first-order valence-corrected chi connectivity index (χ1v) is 5.21. The first-order chi connectivity index (χ1) is 6.31. The summed E-state index contributed by atoms with van der Waals surface area (Å²) in [5.74, 6) is 0. The van der Waals surface area contributed by atoms with Gasteiger partial charge in [0, 0.05) is 0 Å². The Labute approximate surface area is 80.6 Å². The van der Waals surface area contributed by atoms with Crippen molar-refractivity contribution >= 4 is 5.69 Å². The average Bonchev–Trinajstić information content (AvgIpc) is 2.20. The first-order valence-electron chi connectivity index (χ1n) is 5.21. The van der Waals surface area contributed by atoms with Crippen LogP contribution in [0.15, 0.2) is 30.3 Å². The molecule has 0 saturated carbocycles. The number of hydrogen-bond acceptors (Lipinski definition) is 0. The zero-order valence-electron chi connectivity index (χ0n) is 8.37. The fourth-order valence-corrected chi connectivity index (χ4v) is 2.26. The lowest BCUT2D eigenvalue weighted by Gasteiger charge is -2.37. The van der Waals surface area contributed by atoms with Gasteiger partial charge in [0.25, 0.3) is 0 Å². The molecule has 13 heavy (non-hydrogen) atoms. The molecule has 1 heterocycles. The smallest absolute Gasteiger partial charge is 0.132 e. The van der Waals surface area contributed by atoms with Crippen molar-refractivity contribution in [1.29, 1.82) is 0 Å². The van der Waals surface area contributed by atoms with Crippen LogP contribution in [-0.4, -0.2) is 20.1 Å². The quantitative estimate of drug-likeness (QED) is 0.577. The van der Waals surface area contributed by atoms with E-state index in [4.69, 9.17) is 0 Å². The summed E-state index contributed by atoms with van der Waals surface area (Å²) in [5.41, 5.74) is 1.47. The van der Waals surface area contributed by atoms with E-state index in [1.165, 1.54) is 38.0 Å². The lowest BCUT2D eigenvalue weighted by atomic mass is 10.1. The number of hydrogen-bond donors (Lipinski definition) is 0. The highest BCUT2D eigenvalue weighted by atomic mass is 15.3. The zero-order valence-corrected chi connectivity index (χ0v) is 8.37. The van der Waals surface area contributed by atoms with Gasteiger partial charge in [-0.2, -0.15) is 0 Å². The van der Waals surface area contributed by atoms with Gasteiger partial charge in [-0.25, -0.2) is 0 Å². The van der Waals surface area contributed by atoms with E-state index in [2.05, 4.69) is 37.4 Å². The predicted molar refractivity (Wildman–Crippen MR) is 57.7 cm³/mol. The molecule has 0 unspecified atom stereocenters. The van der Waals surface area contributed by atoms with Crippen molar-refractivity contribution in [3.63, 3.8) is 0 Å². The second-order valence-electron chi connectivity index (χ2n) is 4.24. The Morgan fingerprint density at radius 2 is 1.54 bits per heavy atom. The number of para-hydroxylation sites is 1. The molecule has 0 N–H and O–H groups in total. The number of likely N-dealkylation sites (tertiary alicyclic amines) is 1. The first kappa shape index (κ1) is 8.76. The van der Waals surface area contributed by atoms with Gasteiger partial charge in [-0.3, -0.25) is 4.48 Å². The molecule has 1 heteroatoms. The van der Waals surface area contributed by atoms with E-state index in [0.717, 1.165) is 4.48 Å². The molecule has 1 fully saturated rings. The Bertz CT molecular complexity index is 260. The molecule has 0 atom stereocenters. The van der Waals surface area contributed by atoms with Crippen LogP contribution in [0.1, 0.15) is 19.3 Å². The third kappa shape index (κ3) is 1.75. The highest BCUT2D eigenvalue weighted by Gasteiger charge is 2.26. The van der Waals surface area contributed by atoms with Crippen molar-refractivity contribution in [3.05, 3.63) is 30.3 Å². The van der Waals surface area contributed by atoms with E-state index in [1.54, 1.807) is 0 Å². The second kappa shape index (κ2) is 3.51. The van der Waals surface area contributed by atoms with Crippen LogP contribution in [0, 0.1) is 0 Å². The van der Waals surface area contributed by atoms with Crippen molar-refractivity contribution in [2.45, 2.75) is 19.3 Å². The maximum Gasteiger partial charge on any atom is 0.132 e. The molecule has 1 nitrogen and oxygen atoms in total. The van der Waals surface area contributed by atoms with Crippen LogP contribution < -0.4 is 4.48 Å². The summed E-state index contributed by atoms with van der Waals surface area (Å²) in [4.78, 5) is 0. The molecule has 70 valence electrons. The molecule has 0 radical (unpaired) electrons. The van der Waals surface area contributed by atoms with Crippen LogP contribution in [0.2, 0.25) is 0 Å². The fraction of sp³-hybridized carbons (Fsp3) is 0.500. The topological polar surface area (TPSA) is 0 Å². The highest BCUT2D eigenvalue weighted by Crippen LogP contribution is 2.25. The van der Waals surface area contributed by atoms with Crippen LogP contribution in [0.3, 0.4) is 0 Å². The van der Waals surface area contributed by atoms with E-state index in [9.17, 15) is 0 Å². The molecule has 1 aliphatic heterocycles. The summed E-state index contributed by atoms with van der Waals surface area (Å²) in [5, 5.41) is 0. The molecule has 1 saturated heterocycles. The molecule has 1 aliphatic rings. The summed E-state index contributed by atoms with van der Waals surface area (Å²) in [7, 11) is 2.36. The summed E-state index contributed by atoms with van der Waals surface area (Å²) in [6.45, 7) is 2.62. The summed E-state index contributed by atoms with van der Waals surface area (Å²) >= 11 is 0. The standard InChI is InChI=1S/C12H18N/c1-13(10-6-3-7-11-13)12-8-4-2-5-9-12/h2,4-5,8-9H,3,6-7,10-11H2,1H3/q+1. The Morgan fingerprint density at radius 1 is 0.923 bits per heavy atom. The van der Waals surface area contributed by atoms with E-state index in [1.807, 2.05) is 0 Å². The molecule has 1 aromatic carbocycles. The van der Waals surface area contributed by atoms with Gasteiger partial charge in [0.15, 0.2) is 0 Å². The summed E-state index contributed by atoms with van der Waals surface area (Å²) in [6.07, 6.45) is 4.18. The molecule has 0 aliphatic carbocycles. The maximum atomic E-state index is 2.36.